The Kier molecular flexibility index (Phi) is 1.68. The van der Waals surface area contributed by atoms with Crippen LogP contribution in [0.2, 0.25) is 0 Å². The number of rotatable bonds is 0. The van der Waals surface area contributed by atoms with E-state index in [0.29, 0.717) is 6.04 Å². The van der Waals surface area contributed by atoms with Crippen molar-refractivity contribution in [3.63, 3.8) is 0 Å². The Bertz CT molecular complexity index is 327. The maximum atomic E-state index is 4.49. The Balaban J connectivity index is 2.53. The number of hydrogen-bond acceptors (Lipinski definition) is 3. The van der Waals surface area contributed by atoms with E-state index >= 15 is 0 Å². The van der Waals surface area contributed by atoms with Crippen molar-refractivity contribution < 1.29 is 0 Å². The highest BCUT2D eigenvalue weighted by Gasteiger charge is 2.21. The zero-order valence-corrected chi connectivity index (χ0v) is 8.35. The first-order valence-corrected chi connectivity index (χ1v) is 4.93. The van der Waals surface area contributed by atoms with Gasteiger partial charge in [-0.3, -0.25) is 0 Å². The molecular weight excluding hydrogens is 168 g/mol. The van der Waals surface area contributed by atoms with Gasteiger partial charge in [0.05, 0.1) is 16.6 Å². The molecule has 12 heavy (non-hydrogen) atoms. The van der Waals surface area contributed by atoms with Gasteiger partial charge in [-0.1, -0.05) is 0 Å². The van der Waals surface area contributed by atoms with Crippen LogP contribution in [0.25, 0.3) is 0 Å². The molecule has 1 aliphatic heterocycles. The van der Waals surface area contributed by atoms with Crippen LogP contribution in [0.4, 0.5) is 5.69 Å². The van der Waals surface area contributed by atoms with Gasteiger partial charge in [-0.25, -0.2) is 4.99 Å². The number of thiophene rings is 1. The number of amidine groups is 1. The molecule has 2 nitrogen and oxygen atoms in total. The van der Waals surface area contributed by atoms with Crippen LogP contribution in [0.5, 0.6) is 0 Å². The predicted molar refractivity (Wildman–Crippen MR) is 53.3 cm³/mol. The summed E-state index contributed by atoms with van der Waals surface area (Å²) in [5, 5.41) is 2.11. The fourth-order valence-electron chi connectivity index (χ4n) is 1.43. The molecule has 2 heterocycles. The van der Waals surface area contributed by atoms with Crippen molar-refractivity contribution in [3.8, 4) is 0 Å². The second-order valence-corrected chi connectivity index (χ2v) is 4.06. The van der Waals surface area contributed by atoms with E-state index in [1.165, 1.54) is 4.88 Å². The Morgan fingerprint density at radius 2 is 2.33 bits per heavy atom. The predicted octanol–water partition coefficient (Wildman–Crippen LogP) is 2.80. The summed E-state index contributed by atoms with van der Waals surface area (Å²) in [4.78, 5) is 8.08. The van der Waals surface area contributed by atoms with Crippen molar-refractivity contribution in [3.05, 3.63) is 16.3 Å². The second-order valence-electron chi connectivity index (χ2n) is 3.12. The highest BCUT2D eigenvalue weighted by molar-refractivity contribution is 7.10. The number of fused-ring (bicyclic) bond motifs is 1. The molecule has 3 heteroatoms. The fraction of sp³-hybridized carbons (Fsp3) is 0.444. The van der Waals surface area contributed by atoms with Crippen molar-refractivity contribution in [2.24, 2.45) is 4.99 Å². The largest absolute Gasteiger partial charge is 0.356 e. The number of hydrogen-bond donors (Lipinski definition) is 0. The van der Waals surface area contributed by atoms with Crippen LogP contribution in [-0.4, -0.2) is 17.8 Å². The summed E-state index contributed by atoms with van der Waals surface area (Å²) in [5.41, 5.74) is 1.16. The van der Waals surface area contributed by atoms with Gasteiger partial charge in [0.15, 0.2) is 0 Å². The molecule has 0 bridgehead atoms. The minimum atomic E-state index is 0.484. The number of nitrogens with zero attached hydrogens (tertiary/aromatic N) is 2. The molecular formula is C9H12N2S. The summed E-state index contributed by atoms with van der Waals surface area (Å²) in [6.07, 6.45) is 0. The van der Waals surface area contributed by atoms with E-state index in [1.54, 1.807) is 11.3 Å². The zero-order valence-electron chi connectivity index (χ0n) is 7.53. The molecule has 0 saturated carbocycles. The van der Waals surface area contributed by atoms with Gasteiger partial charge in [0.1, 0.15) is 5.84 Å². The van der Waals surface area contributed by atoms with E-state index in [-0.39, 0.29) is 0 Å². The third-order valence-corrected chi connectivity index (χ3v) is 3.50. The molecule has 0 amide bonds. The molecule has 0 N–H and O–H groups in total. The van der Waals surface area contributed by atoms with Crippen LogP contribution in [0.3, 0.4) is 0 Å². The smallest absolute Gasteiger partial charge is 0.102 e. The van der Waals surface area contributed by atoms with Gasteiger partial charge in [0, 0.05) is 7.05 Å². The molecule has 1 aromatic heterocycles. The van der Waals surface area contributed by atoms with E-state index in [9.17, 15) is 0 Å². The molecule has 0 aromatic carbocycles. The summed E-state index contributed by atoms with van der Waals surface area (Å²) in [5.74, 6) is 1.11. The van der Waals surface area contributed by atoms with Crippen LogP contribution in [-0.2, 0) is 0 Å². The van der Waals surface area contributed by atoms with Crippen LogP contribution >= 0.6 is 11.3 Å². The van der Waals surface area contributed by atoms with Gasteiger partial charge in [-0.15, -0.1) is 11.3 Å². The van der Waals surface area contributed by atoms with E-state index in [2.05, 4.69) is 42.2 Å². The molecule has 0 spiro atoms. The molecule has 64 valence electrons. The SMILES string of the molecule is CC1=Nc2ccsc2[C@H](C)N1C. The van der Waals surface area contributed by atoms with E-state index < -0.39 is 0 Å². The minimum Gasteiger partial charge on any atom is -0.356 e. The molecule has 1 aliphatic rings. The topological polar surface area (TPSA) is 15.6 Å². The Morgan fingerprint density at radius 3 is 3.08 bits per heavy atom. The standard InChI is InChI=1S/C9H12N2S/c1-6-9-8(4-5-12-9)10-7(2)11(6)3/h4-6H,1-3H3/t6-/m0/s1. The maximum absolute atomic E-state index is 4.49. The third kappa shape index (κ3) is 0.966. The van der Waals surface area contributed by atoms with Gasteiger partial charge in [-0.2, -0.15) is 0 Å². The summed E-state index contributed by atoms with van der Waals surface area (Å²) < 4.78 is 0. The molecule has 1 aromatic rings. The third-order valence-electron chi connectivity index (χ3n) is 2.43. The van der Waals surface area contributed by atoms with Gasteiger partial charge in [0.2, 0.25) is 0 Å². The summed E-state index contributed by atoms with van der Waals surface area (Å²) in [7, 11) is 2.09. The fourth-order valence-corrected chi connectivity index (χ4v) is 2.36. The average Bonchev–Trinajstić information content (AvgIpc) is 2.48. The van der Waals surface area contributed by atoms with Gasteiger partial charge < -0.3 is 4.90 Å². The average molecular weight is 180 g/mol. The lowest BCUT2D eigenvalue weighted by Gasteiger charge is -2.29. The highest BCUT2D eigenvalue weighted by atomic mass is 32.1. The van der Waals surface area contributed by atoms with Gasteiger partial charge >= 0.3 is 0 Å². The van der Waals surface area contributed by atoms with Crippen LogP contribution in [0.15, 0.2) is 16.4 Å². The first-order chi connectivity index (χ1) is 5.70. The molecule has 1 atom stereocenters. The lowest BCUT2D eigenvalue weighted by Crippen LogP contribution is -2.29. The number of aliphatic imine (C=N–C) groups is 1. The van der Waals surface area contributed by atoms with Crippen LogP contribution in [0, 0.1) is 0 Å². The molecule has 0 radical (unpaired) electrons. The second kappa shape index (κ2) is 2.59. The van der Waals surface area contributed by atoms with Gasteiger partial charge in [0.25, 0.3) is 0 Å². The Morgan fingerprint density at radius 1 is 1.58 bits per heavy atom. The zero-order chi connectivity index (χ0) is 8.72. The molecule has 2 rings (SSSR count). The van der Waals surface area contributed by atoms with Gasteiger partial charge in [-0.05, 0) is 25.3 Å². The first-order valence-electron chi connectivity index (χ1n) is 4.05. The van der Waals surface area contributed by atoms with Crippen molar-refractivity contribution >= 4 is 22.9 Å². The van der Waals surface area contributed by atoms with Crippen molar-refractivity contribution in [2.45, 2.75) is 19.9 Å². The van der Waals surface area contributed by atoms with Crippen LogP contribution < -0.4 is 0 Å². The lowest BCUT2D eigenvalue weighted by atomic mass is 10.2. The highest BCUT2D eigenvalue weighted by Crippen LogP contribution is 2.37. The first kappa shape index (κ1) is 7.80. The molecule has 0 fully saturated rings. The molecule has 0 aliphatic carbocycles. The maximum Gasteiger partial charge on any atom is 0.102 e. The monoisotopic (exact) mass is 180 g/mol. The quantitative estimate of drug-likeness (QED) is 0.599. The normalized spacial score (nSPS) is 22.1. The summed E-state index contributed by atoms with van der Waals surface area (Å²) in [6.45, 7) is 4.27. The lowest BCUT2D eigenvalue weighted by molar-refractivity contribution is 0.400. The summed E-state index contributed by atoms with van der Waals surface area (Å²) >= 11 is 1.79. The molecule has 0 unspecified atom stereocenters. The van der Waals surface area contributed by atoms with Crippen LogP contribution in [0.1, 0.15) is 24.8 Å². The minimum absolute atomic E-state index is 0.484. The van der Waals surface area contributed by atoms with E-state index in [4.69, 9.17) is 0 Å². The van der Waals surface area contributed by atoms with E-state index in [1.807, 2.05) is 0 Å². The molecule has 0 saturated heterocycles. The Hall–Kier alpha value is -0.830. The van der Waals surface area contributed by atoms with Crippen molar-refractivity contribution in [1.29, 1.82) is 0 Å². The van der Waals surface area contributed by atoms with Crippen molar-refractivity contribution in [2.75, 3.05) is 7.05 Å². The Labute approximate surface area is 76.5 Å². The van der Waals surface area contributed by atoms with Crippen molar-refractivity contribution in [1.82, 2.24) is 4.90 Å². The van der Waals surface area contributed by atoms with E-state index in [0.717, 1.165) is 11.5 Å². The summed E-state index contributed by atoms with van der Waals surface area (Å²) in [6, 6.07) is 2.57.